The Morgan fingerprint density at radius 1 is 0.628 bits per heavy atom. The maximum atomic E-state index is 10.6. The Balaban J connectivity index is 0.000000257. The number of aromatic amines is 2. The zero-order chi connectivity index (χ0) is 30.0. The van der Waals surface area contributed by atoms with E-state index in [9.17, 15) is 14.4 Å². The average molecular weight is 617 g/mol. The summed E-state index contributed by atoms with van der Waals surface area (Å²) in [6.07, 6.45) is 7.69. The Morgan fingerprint density at radius 2 is 1.05 bits per heavy atom. The fraction of sp³-hybridized carbons (Fsp3) is 0.0882. The lowest BCUT2D eigenvalue weighted by Gasteiger charge is -2.26. The predicted octanol–water partition coefficient (Wildman–Crippen LogP) is 1.77. The van der Waals surface area contributed by atoms with Gasteiger partial charge in [-0.15, -0.1) is 0 Å². The van der Waals surface area contributed by atoms with Gasteiger partial charge in [-0.1, -0.05) is 54.6 Å². The number of methoxy groups -OCH3 is 2. The summed E-state index contributed by atoms with van der Waals surface area (Å²) in [6, 6.07) is 38.2. The van der Waals surface area contributed by atoms with Crippen LogP contribution < -0.4 is 39.4 Å². The van der Waals surface area contributed by atoms with E-state index in [-0.39, 0.29) is 23.5 Å². The molecule has 0 bridgehead atoms. The van der Waals surface area contributed by atoms with E-state index in [1.165, 1.54) is 40.3 Å². The summed E-state index contributed by atoms with van der Waals surface area (Å²) in [7, 11) is 1.59. The highest BCUT2D eigenvalue weighted by molar-refractivity contribution is 7.95. The molecule has 0 aliphatic carbocycles. The zero-order valence-electron chi connectivity index (χ0n) is 23.9. The quantitative estimate of drug-likeness (QED) is 0.157. The van der Waals surface area contributed by atoms with Gasteiger partial charge < -0.3 is 31.8 Å². The van der Waals surface area contributed by atoms with E-state index < -0.39 is 7.26 Å². The van der Waals surface area contributed by atoms with E-state index >= 15 is 0 Å². The second-order valence-electron chi connectivity index (χ2n) is 8.86. The first kappa shape index (κ1) is 34.7. The third-order valence-electron chi connectivity index (χ3n) is 6.06. The van der Waals surface area contributed by atoms with E-state index in [0.717, 1.165) is 5.56 Å². The van der Waals surface area contributed by atoms with Crippen molar-refractivity contribution in [3.8, 4) is 0 Å². The minimum Gasteiger partial charge on any atom is -1.00 e. The molecular weight excluding hydrogens is 583 g/mol. The number of carbonyl (C=O) groups is 1. The van der Waals surface area contributed by atoms with Gasteiger partial charge in [0.1, 0.15) is 23.2 Å². The highest BCUT2D eigenvalue weighted by atomic mass is 35.5. The van der Waals surface area contributed by atoms with Crippen LogP contribution in [-0.4, -0.2) is 36.8 Å². The molecule has 9 heteroatoms. The molecule has 0 fully saturated rings. The Labute approximate surface area is 258 Å². The molecule has 0 amide bonds. The van der Waals surface area contributed by atoms with Crippen LogP contribution in [0.2, 0.25) is 0 Å². The van der Waals surface area contributed by atoms with Crippen molar-refractivity contribution >= 4 is 35.5 Å². The van der Waals surface area contributed by atoms with Crippen molar-refractivity contribution in [2.75, 3.05) is 20.6 Å². The topological polar surface area (TPSA) is 101 Å². The fourth-order valence-corrected chi connectivity index (χ4v) is 7.85. The summed E-state index contributed by atoms with van der Waals surface area (Å²) in [4.78, 5) is 35.9. The molecule has 0 saturated carbocycles. The van der Waals surface area contributed by atoms with Crippen LogP contribution in [0.15, 0.2) is 144 Å². The summed E-state index contributed by atoms with van der Waals surface area (Å²) < 4.78 is 10.4. The molecule has 7 nitrogen and oxygen atoms in total. The summed E-state index contributed by atoms with van der Waals surface area (Å²) in [5.41, 5.74) is 1.10. The van der Waals surface area contributed by atoms with Crippen molar-refractivity contribution in [2.45, 2.75) is 0 Å². The Bertz CT molecular complexity index is 1510. The van der Waals surface area contributed by atoms with E-state index in [4.69, 9.17) is 9.47 Å². The molecule has 0 saturated heterocycles. The van der Waals surface area contributed by atoms with Gasteiger partial charge in [-0.2, -0.15) is 0 Å². The van der Waals surface area contributed by atoms with Gasteiger partial charge in [0.2, 0.25) is 11.1 Å². The molecule has 2 N–H and O–H groups in total. The third kappa shape index (κ3) is 10.3. The number of aromatic nitrogens is 2. The van der Waals surface area contributed by atoms with E-state index in [0.29, 0.717) is 18.2 Å². The van der Waals surface area contributed by atoms with Gasteiger partial charge in [-0.3, -0.25) is 14.4 Å². The van der Waals surface area contributed by atoms with Gasteiger partial charge in [0, 0.05) is 37.2 Å². The molecule has 5 aromatic rings. The molecule has 0 radical (unpaired) electrons. The normalized spacial score (nSPS) is 10.3. The molecule has 0 aliphatic heterocycles. The minimum atomic E-state index is -1.78. The van der Waals surface area contributed by atoms with Crippen molar-refractivity contribution in [1.82, 2.24) is 9.97 Å². The molecule has 0 spiro atoms. The molecule has 0 aliphatic rings. The molecule has 0 unspecified atom stereocenters. The van der Waals surface area contributed by atoms with Crippen molar-refractivity contribution < 1.29 is 26.7 Å². The van der Waals surface area contributed by atoms with Crippen molar-refractivity contribution in [2.24, 2.45) is 0 Å². The van der Waals surface area contributed by atoms with Crippen molar-refractivity contribution in [3.05, 3.63) is 166 Å². The van der Waals surface area contributed by atoms with Gasteiger partial charge in [0.25, 0.3) is 0 Å². The van der Waals surface area contributed by atoms with Crippen molar-refractivity contribution in [1.29, 1.82) is 0 Å². The number of ether oxygens (including phenoxy) is 2. The highest BCUT2D eigenvalue weighted by Crippen LogP contribution is 2.54. The third-order valence-corrected chi connectivity index (χ3v) is 10.2. The summed E-state index contributed by atoms with van der Waals surface area (Å²) in [6.45, 7) is 0. The maximum absolute atomic E-state index is 10.6. The summed E-state index contributed by atoms with van der Waals surface area (Å²) in [5, 5.41) is 4.07. The Hall–Kier alpha value is -4.55. The number of benzene rings is 3. The van der Waals surface area contributed by atoms with Crippen LogP contribution in [0.3, 0.4) is 0 Å². The first-order valence-corrected chi connectivity index (χ1v) is 15.1. The fourth-order valence-electron chi connectivity index (χ4n) is 4.08. The maximum Gasteiger partial charge on any atom is 0.247 e. The molecule has 2 aromatic heterocycles. The molecule has 222 valence electrons. The van der Waals surface area contributed by atoms with Crippen LogP contribution >= 0.6 is 7.26 Å². The number of pyridine rings is 2. The number of halogens is 1. The molecule has 0 atom stereocenters. The number of hydrogen-bond acceptors (Lipinski definition) is 5. The van der Waals surface area contributed by atoms with Gasteiger partial charge >= 0.3 is 0 Å². The summed E-state index contributed by atoms with van der Waals surface area (Å²) in [5.74, 6) is 0. The number of nitrogens with one attached hydrogen (secondary N) is 2. The number of carbonyl (C=O) groups excluding carboxylic acids is 1. The Kier molecular flexibility index (Phi) is 15.1. The lowest BCUT2D eigenvalue weighted by molar-refractivity contribution is -0.0000154. The van der Waals surface area contributed by atoms with E-state index in [1.54, 1.807) is 38.8 Å². The van der Waals surface area contributed by atoms with Crippen LogP contribution in [0.25, 0.3) is 6.08 Å². The standard InChI is InChI=1S/C20H20OP.C8H9NO2.C6H5NO2.ClH/c1-21-17-22(18-11-5-2-6-12-18,19-13-7-3-8-14-19)20-15-9-4-10-16-20;1-11-5-4-7-2-3-8(10)9-6-7;8-4-5-1-2-6(9)7-3-5;/h2-16H,17H2,1H3;2-6H,1H3,(H,9,10);1-4H,(H,7,9);1H/q+1;;;/p-1/b;5-4+;;. The van der Waals surface area contributed by atoms with Crippen molar-refractivity contribution in [3.63, 3.8) is 0 Å². The lowest BCUT2D eigenvalue weighted by Crippen LogP contribution is -3.00. The monoisotopic (exact) mass is 616 g/mol. The van der Waals surface area contributed by atoms with Gasteiger partial charge in [-0.25, -0.2) is 0 Å². The first-order chi connectivity index (χ1) is 20.5. The van der Waals surface area contributed by atoms with Crippen LogP contribution in [-0.2, 0) is 9.47 Å². The number of rotatable bonds is 8. The average Bonchev–Trinajstić information content (AvgIpc) is 3.06. The number of aldehydes is 1. The number of H-pyrrole nitrogens is 2. The highest BCUT2D eigenvalue weighted by Gasteiger charge is 2.45. The molecule has 3 aromatic carbocycles. The van der Waals surface area contributed by atoms with Crippen LogP contribution in [0.1, 0.15) is 15.9 Å². The smallest absolute Gasteiger partial charge is 0.247 e. The van der Waals surface area contributed by atoms with Gasteiger partial charge in [-0.05, 0) is 60.2 Å². The predicted molar refractivity (Wildman–Crippen MR) is 173 cm³/mol. The van der Waals surface area contributed by atoms with Gasteiger partial charge in [0.05, 0.1) is 13.4 Å². The molecule has 43 heavy (non-hydrogen) atoms. The SMILES string of the molecule is CO/C=C/c1ccc(=O)[nH]c1.COC[P+](c1ccccc1)(c1ccccc1)c1ccccc1.O=Cc1ccc(=O)[nH]c1.[Cl-]. The zero-order valence-corrected chi connectivity index (χ0v) is 25.6. The second-order valence-corrected chi connectivity index (χ2v) is 12.3. The molecule has 2 heterocycles. The van der Waals surface area contributed by atoms with Gasteiger partial charge in [0.15, 0.2) is 12.6 Å². The Morgan fingerprint density at radius 3 is 1.37 bits per heavy atom. The van der Waals surface area contributed by atoms with Crippen LogP contribution in [0.4, 0.5) is 0 Å². The van der Waals surface area contributed by atoms with Crippen LogP contribution in [0.5, 0.6) is 0 Å². The van der Waals surface area contributed by atoms with E-state index in [1.807, 2.05) is 0 Å². The summed E-state index contributed by atoms with van der Waals surface area (Å²) >= 11 is 0. The van der Waals surface area contributed by atoms with E-state index in [2.05, 4.69) is 101 Å². The molecule has 5 rings (SSSR count). The largest absolute Gasteiger partial charge is 1.00 e. The molecular formula is C34H34ClN2O5P. The second kappa shape index (κ2) is 18.8. The van der Waals surface area contributed by atoms with Crippen LogP contribution in [0, 0.1) is 0 Å². The lowest BCUT2D eigenvalue weighted by atomic mass is 10.3. The number of hydrogen-bond donors (Lipinski definition) is 2. The minimum absolute atomic E-state index is 0. The first-order valence-electron chi connectivity index (χ1n) is 13.1.